The van der Waals surface area contributed by atoms with E-state index in [-0.39, 0.29) is 5.41 Å². The topological polar surface area (TPSA) is 46.2 Å². The molecule has 0 heterocycles. The molecule has 13 heavy (non-hydrogen) atoms. The maximum atomic E-state index is 10.5. The molecular formula is C11H23NO. The minimum atomic E-state index is -0.575. The maximum Gasteiger partial charge on any atom is 0.0713 e. The molecule has 2 heteroatoms. The zero-order chi connectivity index (χ0) is 10.1. The largest absolute Gasteiger partial charge is 0.389 e. The van der Waals surface area contributed by atoms with Crippen molar-refractivity contribution in [3.05, 3.63) is 0 Å². The molecule has 2 nitrogen and oxygen atoms in total. The summed E-state index contributed by atoms with van der Waals surface area (Å²) < 4.78 is 0. The van der Waals surface area contributed by atoms with Crippen LogP contribution in [0.1, 0.15) is 46.5 Å². The van der Waals surface area contributed by atoms with E-state index >= 15 is 0 Å². The van der Waals surface area contributed by atoms with Crippen molar-refractivity contribution < 1.29 is 5.11 Å². The summed E-state index contributed by atoms with van der Waals surface area (Å²) in [5, 5.41) is 10.5. The fourth-order valence-corrected chi connectivity index (χ4v) is 2.44. The van der Waals surface area contributed by atoms with Gasteiger partial charge in [-0.25, -0.2) is 0 Å². The first-order valence-corrected chi connectivity index (χ1v) is 5.42. The summed E-state index contributed by atoms with van der Waals surface area (Å²) in [4.78, 5) is 0. The van der Waals surface area contributed by atoms with Crippen LogP contribution in [0.25, 0.3) is 0 Å². The molecule has 1 aliphatic carbocycles. The van der Waals surface area contributed by atoms with Gasteiger partial charge in [0, 0.05) is 12.0 Å². The van der Waals surface area contributed by atoms with Crippen LogP contribution in [-0.4, -0.2) is 17.3 Å². The van der Waals surface area contributed by atoms with Gasteiger partial charge in [0.15, 0.2) is 0 Å². The van der Waals surface area contributed by atoms with Crippen molar-refractivity contribution >= 4 is 0 Å². The molecule has 0 radical (unpaired) electrons. The van der Waals surface area contributed by atoms with Gasteiger partial charge in [-0.05, 0) is 25.7 Å². The molecule has 1 fully saturated rings. The fraction of sp³-hybridized carbons (Fsp3) is 1.00. The van der Waals surface area contributed by atoms with Crippen LogP contribution >= 0.6 is 0 Å². The highest BCUT2D eigenvalue weighted by molar-refractivity contribution is 5.04. The van der Waals surface area contributed by atoms with Gasteiger partial charge < -0.3 is 10.8 Å². The fourth-order valence-electron chi connectivity index (χ4n) is 2.44. The molecule has 2 unspecified atom stereocenters. The molecule has 0 saturated heterocycles. The van der Waals surface area contributed by atoms with Crippen molar-refractivity contribution in [2.45, 2.75) is 52.1 Å². The van der Waals surface area contributed by atoms with Crippen LogP contribution in [0.5, 0.6) is 0 Å². The number of hydrogen-bond acceptors (Lipinski definition) is 2. The predicted octanol–water partition coefficient (Wildman–Crippen LogP) is 1.91. The summed E-state index contributed by atoms with van der Waals surface area (Å²) in [6, 6.07) is 0. The average Bonchev–Trinajstić information content (AvgIpc) is 2.01. The van der Waals surface area contributed by atoms with Gasteiger partial charge in [-0.1, -0.05) is 26.7 Å². The molecule has 1 aliphatic rings. The summed E-state index contributed by atoms with van der Waals surface area (Å²) in [6.45, 7) is 6.84. The molecule has 0 aromatic heterocycles. The molecule has 0 aromatic rings. The van der Waals surface area contributed by atoms with Crippen molar-refractivity contribution in [2.75, 3.05) is 6.54 Å². The highest BCUT2D eigenvalue weighted by Crippen LogP contribution is 2.51. The van der Waals surface area contributed by atoms with E-state index in [9.17, 15) is 5.11 Å². The second kappa shape index (κ2) is 3.58. The zero-order valence-electron chi connectivity index (χ0n) is 9.14. The van der Waals surface area contributed by atoms with Crippen molar-refractivity contribution in [2.24, 2.45) is 17.1 Å². The van der Waals surface area contributed by atoms with E-state index in [0.717, 1.165) is 19.3 Å². The van der Waals surface area contributed by atoms with E-state index in [2.05, 4.69) is 13.8 Å². The smallest absolute Gasteiger partial charge is 0.0713 e. The van der Waals surface area contributed by atoms with Crippen molar-refractivity contribution in [3.63, 3.8) is 0 Å². The first-order chi connectivity index (χ1) is 6.00. The second-order valence-corrected chi connectivity index (χ2v) is 4.79. The van der Waals surface area contributed by atoms with Crippen molar-refractivity contribution in [1.29, 1.82) is 0 Å². The lowest BCUT2D eigenvalue weighted by Crippen LogP contribution is -2.58. The third-order valence-electron chi connectivity index (χ3n) is 4.35. The Balaban J connectivity index is 2.76. The SMILES string of the molecule is CCC(C)C(C)(O)C1(CN)CCC1. The van der Waals surface area contributed by atoms with Gasteiger partial charge in [-0.3, -0.25) is 0 Å². The quantitative estimate of drug-likeness (QED) is 0.703. The third-order valence-corrected chi connectivity index (χ3v) is 4.35. The molecule has 2 atom stereocenters. The Morgan fingerprint density at radius 3 is 2.31 bits per heavy atom. The van der Waals surface area contributed by atoms with Crippen LogP contribution in [0.3, 0.4) is 0 Å². The van der Waals surface area contributed by atoms with Gasteiger partial charge in [0.1, 0.15) is 0 Å². The van der Waals surface area contributed by atoms with Crippen molar-refractivity contribution in [1.82, 2.24) is 0 Å². The molecule has 78 valence electrons. The second-order valence-electron chi connectivity index (χ2n) is 4.79. The van der Waals surface area contributed by atoms with Crippen molar-refractivity contribution in [3.8, 4) is 0 Å². The van der Waals surface area contributed by atoms with E-state index in [1.807, 2.05) is 6.92 Å². The molecule has 3 N–H and O–H groups in total. The monoisotopic (exact) mass is 185 g/mol. The van der Waals surface area contributed by atoms with Gasteiger partial charge in [0.2, 0.25) is 0 Å². The summed E-state index contributed by atoms with van der Waals surface area (Å²) in [5.41, 5.74) is 5.23. The molecule has 1 saturated carbocycles. The zero-order valence-corrected chi connectivity index (χ0v) is 9.14. The van der Waals surface area contributed by atoms with Gasteiger partial charge in [0.05, 0.1) is 5.60 Å². The molecule has 0 spiro atoms. The molecule has 0 aromatic carbocycles. The normalized spacial score (nSPS) is 27.5. The number of hydrogen-bond donors (Lipinski definition) is 2. The van der Waals surface area contributed by atoms with Gasteiger partial charge in [-0.2, -0.15) is 0 Å². The highest BCUT2D eigenvalue weighted by atomic mass is 16.3. The van der Waals surface area contributed by atoms with Gasteiger partial charge in [-0.15, -0.1) is 0 Å². The lowest BCUT2D eigenvalue weighted by atomic mass is 9.55. The highest BCUT2D eigenvalue weighted by Gasteiger charge is 2.52. The molecule has 0 bridgehead atoms. The predicted molar refractivity (Wildman–Crippen MR) is 55.4 cm³/mol. The number of rotatable bonds is 4. The van der Waals surface area contributed by atoms with Crippen LogP contribution in [0, 0.1) is 11.3 Å². The van der Waals surface area contributed by atoms with E-state index in [1.165, 1.54) is 6.42 Å². The maximum absolute atomic E-state index is 10.5. The molecular weight excluding hydrogens is 162 g/mol. The lowest BCUT2D eigenvalue weighted by Gasteiger charge is -2.54. The first-order valence-electron chi connectivity index (χ1n) is 5.42. The Hall–Kier alpha value is -0.0800. The van der Waals surface area contributed by atoms with Gasteiger partial charge >= 0.3 is 0 Å². The summed E-state index contributed by atoms with van der Waals surface area (Å²) in [6.07, 6.45) is 4.44. The summed E-state index contributed by atoms with van der Waals surface area (Å²) in [7, 11) is 0. The first kappa shape index (κ1) is 11.0. The molecule has 1 rings (SSSR count). The van der Waals surface area contributed by atoms with E-state index in [1.54, 1.807) is 0 Å². The van der Waals surface area contributed by atoms with E-state index < -0.39 is 5.60 Å². The van der Waals surface area contributed by atoms with Crippen LogP contribution in [0.2, 0.25) is 0 Å². The lowest BCUT2D eigenvalue weighted by molar-refractivity contribution is -0.143. The van der Waals surface area contributed by atoms with Crippen LogP contribution in [0.4, 0.5) is 0 Å². The Bertz CT molecular complexity index is 167. The average molecular weight is 185 g/mol. The van der Waals surface area contributed by atoms with Crippen LogP contribution in [0.15, 0.2) is 0 Å². The molecule has 0 aliphatic heterocycles. The van der Waals surface area contributed by atoms with Crippen LogP contribution in [-0.2, 0) is 0 Å². The molecule has 0 amide bonds. The number of nitrogens with two attached hydrogens (primary N) is 1. The standard InChI is InChI=1S/C11H23NO/c1-4-9(2)10(3,13)11(8-12)6-5-7-11/h9,13H,4-8,12H2,1-3H3. The summed E-state index contributed by atoms with van der Waals surface area (Å²) in [5.74, 6) is 0.344. The minimum absolute atomic E-state index is 0.0163. The summed E-state index contributed by atoms with van der Waals surface area (Å²) >= 11 is 0. The van der Waals surface area contributed by atoms with E-state index in [0.29, 0.717) is 12.5 Å². The Morgan fingerprint density at radius 1 is 1.54 bits per heavy atom. The van der Waals surface area contributed by atoms with E-state index in [4.69, 9.17) is 5.73 Å². The Kier molecular flexibility index (Phi) is 3.03. The van der Waals surface area contributed by atoms with Crippen LogP contribution < -0.4 is 5.73 Å². The number of aliphatic hydroxyl groups is 1. The Labute approximate surface area is 81.5 Å². The van der Waals surface area contributed by atoms with Gasteiger partial charge in [0.25, 0.3) is 0 Å². The Morgan fingerprint density at radius 2 is 2.08 bits per heavy atom. The third kappa shape index (κ3) is 1.50. The minimum Gasteiger partial charge on any atom is -0.389 e.